The largest absolute Gasteiger partial charge is 0.417 e. The summed E-state index contributed by atoms with van der Waals surface area (Å²) in [5.74, 6) is -0.878. The lowest BCUT2D eigenvalue weighted by molar-refractivity contribution is -0.137. The number of anilines is 1. The van der Waals surface area contributed by atoms with E-state index in [-0.39, 0.29) is 4.90 Å². The summed E-state index contributed by atoms with van der Waals surface area (Å²) in [7, 11) is -4.46. The minimum atomic E-state index is -4.85. The van der Waals surface area contributed by atoms with Crippen molar-refractivity contribution in [2.24, 2.45) is 5.10 Å². The molecule has 13 heteroatoms. The van der Waals surface area contributed by atoms with Crippen molar-refractivity contribution in [2.45, 2.75) is 31.8 Å². The zero-order valence-electron chi connectivity index (χ0n) is 22.6. The van der Waals surface area contributed by atoms with E-state index >= 15 is 0 Å². The summed E-state index contributed by atoms with van der Waals surface area (Å²) in [6, 6.07) is 17.4. The molecule has 3 aromatic carbocycles. The minimum absolute atomic E-state index is 0.206. The zero-order chi connectivity index (χ0) is 30.8. The monoisotopic (exact) mass is 636 g/mol. The van der Waals surface area contributed by atoms with E-state index in [1.165, 1.54) is 18.3 Å². The van der Waals surface area contributed by atoms with Gasteiger partial charge < -0.3 is 4.57 Å². The molecule has 220 valence electrons. The summed E-state index contributed by atoms with van der Waals surface area (Å²) in [5.41, 5.74) is 4.68. The van der Waals surface area contributed by atoms with Crippen molar-refractivity contribution in [3.05, 3.63) is 111 Å². The molecule has 1 amide bonds. The molecule has 1 heterocycles. The van der Waals surface area contributed by atoms with Crippen molar-refractivity contribution in [2.75, 3.05) is 10.8 Å². The van der Waals surface area contributed by atoms with Crippen LogP contribution < -0.4 is 9.73 Å². The molecule has 7 nitrogen and oxygen atoms in total. The standard InChI is InChI=1S/C29H25Cl2F3N4O3S/c1-18-4-11-25(12-5-18)42(40,41)37(24-10-13-27(31)26(15-24)29(32,33)34)17-28(39)36-35-16-21-14-19(2)38(20(21)3)23-8-6-22(30)7-9-23/h4-16H,17H2,1-3H3,(H,36,39)/b35-16+. The van der Waals surface area contributed by atoms with Gasteiger partial charge in [0.1, 0.15) is 6.54 Å². The second-order valence-corrected chi connectivity index (χ2v) is 12.1. The van der Waals surface area contributed by atoms with Crippen LogP contribution in [0, 0.1) is 20.8 Å². The third-order valence-electron chi connectivity index (χ3n) is 6.39. The number of nitrogens with one attached hydrogen (secondary N) is 1. The third-order valence-corrected chi connectivity index (χ3v) is 8.76. The number of alkyl halides is 3. The van der Waals surface area contributed by atoms with Gasteiger partial charge in [0.2, 0.25) is 0 Å². The van der Waals surface area contributed by atoms with Gasteiger partial charge in [-0.3, -0.25) is 9.10 Å². The average Bonchev–Trinajstić information content (AvgIpc) is 3.20. The van der Waals surface area contributed by atoms with Crippen LogP contribution in [0.15, 0.2) is 82.8 Å². The van der Waals surface area contributed by atoms with Crippen molar-refractivity contribution >= 4 is 51.0 Å². The number of carbonyl (C=O) groups is 1. The van der Waals surface area contributed by atoms with E-state index in [0.29, 0.717) is 21.0 Å². The maximum atomic E-state index is 13.6. The number of hydrogen-bond donors (Lipinski definition) is 1. The van der Waals surface area contributed by atoms with Crippen LogP contribution >= 0.6 is 23.2 Å². The van der Waals surface area contributed by atoms with E-state index in [9.17, 15) is 26.4 Å². The van der Waals surface area contributed by atoms with Crippen LogP contribution in [0.4, 0.5) is 18.9 Å². The predicted molar refractivity (Wildman–Crippen MR) is 158 cm³/mol. The first-order chi connectivity index (χ1) is 19.7. The fraction of sp³-hybridized carbons (Fsp3) is 0.172. The van der Waals surface area contributed by atoms with E-state index in [4.69, 9.17) is 23.2 Å². The zero-order valence-corrected chi connectivity index (χ0v) is 24.9. The van der Waals surface area contributed by atoms with E-state index in [1.807, 2.05) is 36.6 Å². The maximum Gasteiger partial charge on any atom is 0.417 e. The lowest BCUT2D eigenvalue weighted by atomic mass is 10.2. The molecule has 0 fully saturated rings. The second-order valence-electron chi connectivity index (χ2n) is 9.42. The molecular weight excluding hydrogens is 612 g/mol. The van der Waals surface area contributed by atoms with Crippen molar-refractivity contribution in [1.82, 2.24) is 9.99 Å². The number of benzene rings is 3. The van der Waals surface area contributed by atoms with Crippen LogP contribution in [-0.2, 0) is 21.0 Å². The molecule has 0 aliphatic rings. The number of rotatable bonds is 8. The van der Waals surface area contributed by atoms with Crippen LogP contribution in [0.1, 0.15) is 28.1 Å². The highest BCUT2D eigenvalue weighted by molar-refractivity contribution is 7.92. The fourth-order valence-corrected chi connectivity index (χ4v) is 6.05. The SMILES string of the molecule is Cc1ccc(S(=O)(=O)N(CC(=O)N/N=C/c2cc(C)n(-c3ccc(Cl)cc3)c2C)c2ccc(Cl)c(C(F)(F)F)c2)cc1. The molecule has 0 bridgehead atoms. The van der Waals surface area contributed by atoms with E-state index < -0.39 is 44.9 Å². The van der Waals surface area contributed by atoms with Crippen LogP contribution in [-0.4, -0.2) is 31.7 Å². The first kappa shape index (κ1) is 31.1. The second kappa shape index (κ2) is 12.2. The Bertz CT molecular complexity index is 1750. The van der Waals surface area contributed by atoms with Gasteiger partial charge in [0.05, 0.1) is 27.4 Å². The van der Waals surface area contributed by atoms with Gasteiger partial charge in [-0.05, 0) is 81.4 Å². The lowest BCUT2D eigenvalue weighted by Crippen LogP contribution is -2.39. The summed E-state index contributed by atoms with van der Waals surface area (Å²) in [4.78, 5) is 12.7. The molecule has 0 aliphatic carbocycles. The molecule has 4 rings (SSSR count). The molecule has 4 aromatic rings. The molecule has 0 atom stereocenters. The van der Waals surface area contributed by atoms with Crippen molar-refractivity contribution < 1.29 is 26.4 Å². The number of aromatic nitrogens is 1. The number of aryl methyl sites for hydroxylation is 2. The Kier molecular flexibility index (Phi) is 9.05. The van der Waals surface area contributed by atoms with E-state index in [2.05, 4.69) is 10.5 Å². The van der Waals surface area contributed by atoms with Gasteiger partial charge >= 0.3 is 6.18 Å². The van der Waals surface area contributed by atoms with Gasteiger partial charge in [-0.2, -0.15) is 18.3 Å². The first-order valence-corrected chi connectivity index (χ1v) is 14.6. The predicted octanol–water partition coefficient (Wildman–Crippen LogP) is 7.07. The Morgan fingerprint density at radius 3 is 2.24 bits per heavy atom. The van der Waals surface area contributed by atoms with Crippen molar-refractivity contribution in [3.63, 3.8) is 0 Å². The summed E-state index contributed by atoms with van der Waals surface area (Å²) in [5, 5.41) is 3.95. The molecule has 0 saturated heterocycles. The number of amides is 1. The summed E-state index contributed by atoms with van der Waals surface area (Å²) >= 11 is 11.7. The molecule has 0 spiro atoms. The molecule has 0 radical (unpaired) electrons. The molecule has 0 aliphatic heterocycles. The summed E-state index contributed by atoms with van der Waals surface area (Å²) in [6.07, 6.45) is -3.45. The highest BCUT2D eigenvalue weighted by Gasteiger charge is 2.35. The van der Waals surface area contributed by atoms with Crippen LogP contribution in [0.25, 0.3) is 5.69 Å². The molecule has 0 saturated carbocycles. The van der Waals surface area contributed by atoms with Gasteiger partial charge in [-0.15, -0.1) is 0 Å². The number of carbonyl (C=O) groups excluding carboxylic acids is 1. The quantitative estimate of drug-likeness (QED) is 0.166. The third kappa shape index (κ3) is 6.80. The van der Waals surface area contributed by atoms with Crippen LogP contribution in [0.3, 0.4) is 0 Å². The average molecular weight is 638 g/mol. The smallest absolute Gasteiger partial charge is 0.318 e. The minimum Gasteiger partial charge on any atom is -0.318 e. The molecule has 42 heavy (non-hydrogen) atoms. The normalized spacial score (nSPS) is 12.1. The summed E-state index contributed by atoms with van der Waals surface area (Å²) in [6.45, 7) is 4.66. The van der Waals surface area contributed by atoms with Crippen LogP contribution in [0.2, 0.25) is 10.0 Å². The number of hydrogen-bond acceptors (Lipinski definition) is 4. The number of halogens is 5. The van der Waals surface area contributed by atoms with E-state index in [0.717, 1.165) is 34.8 Å². The van der Waals surface area contributed by atoms with Gasteiger partial charge in [0.15, 0.2) is 0 Å². The highest BCUT2D eigenvalue weighted by atomic mass is 35.5. The summed E-state index contributed by atoms with van der Waals surface area (Å²) < 4.78 is 70.4. The Hall–Kier alpha value is -3.80. The number of hydrazone groups is 1. The van der Waals surface area contributed by atoms with Gasteiger partial charge in [0.25, 0.3) is 15.9 Å². The van der Waals surface area contributed by atoms with Gasteiger partial charge in [-0.1, -0.05) is 40.9 Å². The van der Waals surface area contributed by atoms with Crippen molar-refractivity contribution in [1.29, 1.82) is 0 Å². The first-order valence-electron chi connectivity index (χ1n) is 12.4. The Morgan fingerprint density at radius 2 is 1.62 bits per heavy atom. The number of nitrogens with zero attached hydrogens (tertiary/aromatic N) is 3. The fourth-order valence-electron chi connectivity index (χ4n) is 4.28. The van der Waals surface area contributed by atoms with Crippen molar-refractivity contribution in [3.8, 4) is 5.69 Å². The highest BCUT2D eigenvalue weighted by Crippen LogP contribution is 2.38. The molecule has 1 N–H and O–H groups in total. The van der Waals surface area contributed by atoms with Gasteiger partial charge in [-0.25, -0.2) is 13.8 Å². The topological polar surface area (TPSA) is 83.8 Å². The Labute approximate surface area is 251 Å². The number of sulfonamides is 1. The van der Waals surface area contributed by atoms with Crippen LogP contribution in [0.5, 0.6) is 0 Å². The molecular formula is C29H25Cl2F3N4O3S. The lowest BCUT2D eigenvalue weighted by Gasteiger charge is -2.25. The maximum absolute atomic E-state index is 13.6. The Morgan fingerprint density at radius 1 is 0.976 bits per heavy atom. The van der Waals surface area contributed by atoms with Gasteiger partial charge in [0, 0.05) is 27.7 Å². The molecule has 0 unspecified atom stereocenters. The molecule has 1 aromatic heterocycles. The Balaban J connectivity index is 1.62. The van der Waals surface area contributed by atoms with E-state index in [1.54, 1.807) is 31.2 Å².